The molecule has 0 aromatic heterocycles. The van der Waals surface area contributed by atoms with Gasteiger partial charge >= 0.3 is 5.97 Å². The Morgan fingerprint density at radius 1 is 1.08 bits per heavy atom. The molecule has 0 aliphatic heterocycles. The summed E-state index contributed by atoms with van der Waals surface area (Å²) in [6, 6.07) is 17.6. The van der Waals surface area contributed by atoms with Crippen molar-refractivity contribution in [2.75, 3.05) is 13.2 Å². The summed E-state index contributed by atoms with van der Waals surface area (Å²) in [5, 5.41) is 9.16. The fourth-order valence-corrected chi connectivity index (χ4v) is 2.56. The zero-order valence-corrected chi connectivity index (χ0v) is 14.3. The van der Waals surface area contributed by atoms with Gasteiger partial charge in [-0.1, -0.05) is 42.5 Å². The molecule has 0 spiro atoms. The Balaban J connectivity index is 1.84. The van der Waals surface area contributed by atoms with Crippen LogP contribution in [0.5, 0.6) is 5.75 Å². The van der Waals surface area contributed by atoms with E-state index in [0.29, 0.717) is 18.4 Å². The van der Waals surface area contributed by atoms with Crippen LogP contribution in [0.2, 0.25) is 0 Å². The first-order chi connectivity index (χ1) is 11.6. The van der Waals surface area contributed by atoms with Crippen molar-refractivity contribution in [3.05, 3.63) is 65.7 Å². The van der Waals surface area contributed by atoms with Crippen LogP contribution in [-0.2, 0) is 6.54 Å². The van der Waals surface area contributed by atoms with Crippen LogP contribution in [0, 0.1) is 0 Å². The van der Waals surface area contributed by atoms with E-state index in [0.717, 1.165) is 19.5 Å². The molecule has 0 atom stereocenters. The van der Waals surface area contributed by atoms with Crippen LogP contribution in [0.25, 0.3) is 0 Å². The summed E-state index contributed by atoms with van der Waals surface area (Å²) < 4.78 is 5.67. The van der Waals surface area contributed by atoms with Crippen molar-refractivity contribution in [1.82, 2.24) is 4.90 Å². The zero-order valence-electron chi connectivity index (χ0n) is 14.3. The van der Waals surface area contributed by atoms with Crippen LogP contribution in [-0.4, -0.2) is 35.2 Å². The lowest BCUT2D eigenvalue weighted by molar-refractivity contribution is 0.0692. The van der Waals surface area contributed by atoms with Gasteiger partial charge in [-0.05, 0) is 38.0 Å². The van der Waals surface area contributed by atoms with Crippen molar-refractivity contribution in [3.63, 3.8) is 0 Å². The number of hydrogen-bond donors (Lipinski definition) is 1. The van der Waals surface area contributed by atoms with Crippen molar-refractivity contribution in [2.24, 2.45) is 0 Å². The minimum Gasteiger partial charge on any atom is -0.493 e. The summed E-state index contributed by atoms with van der Waals surface area (Å²) in [6.45, 7) is 6.68. The fourth-order valence-electron chi connectivity index (χ4n) is 2.56. The van der Waals surface area contributed by atoms with E-state index in [1.54, 1.807) is 24.3 Å². The fraction of sp³-hybridized carbons (Fsp3) is 0.350. The Morgan fingerprint density at radius 3 is 2.42 bits per heavy atom. The van der Waals surface area contributed by atoms with Gasteiger partial charge in [-0.2, -0.15) is 0 Å². The quantitative estimate of drug-likeness (QED) is 0.706. The molecule has 0 fully saturated rings. The minimum atomic E-state index is -0.960. The van der Waals surface area contributed by atoms with E-state index in [4.69, 9.17) is 9.84 Å². The number of nitrogens with zero attached hydrogens (tertiary/aromatic N) is 1. The summed E-state index contributed by atoms with van der Waals surface area (Å²) in [6.07, 6.45) is 0.846. The van der Waals surface area contributed by atoms with E-state index in [2.05, 4.69) is 43.0 Å². The molecule has 0 radical (unpaired) electrons. The second kappa shape index (κ2) is 9.08. The highest BCUT2D eigenvalue weighted by Crippen LogP contribution is 2.18. The third kappa shape index (κ3) is 5.39. The highest BCUT2D eigenvalue weighted by Gasteiger charge is 2.12. The number of carboxylic acid groups (broad SMARTS) is 1. The molecule has 4 heteroatoms. The van der Waals surface area contributed by atoms with Gasteiger partial charge in [0.2, 0.25) is 0 Å². The lowest BCUT2D eigenvalue weighted by atomic mass is 10.2. The first kappa shape index (κ1) is 18.0. The summed E-state index contributed by atoms with van der Waals surface area (Å²) in [5.41, 5.74) is 1.51. The number of rotatable bonds is 9. The molecule has 2 aromatic carbocycles. The molecule has 128 valence electrons. The van der Waals surface area contributed by atoms with Crippen LogP contribution < -0.4 is 4.74 Å². The summed E-state index contributed by atoms with van der Waals surface area (Å²) in [4.78, 5) is 13.6. The maximum absolute atomic E-state index is 11.2. The Morgan fingerprint density at radius 2 is 1.75 bits per heavy atom. The van der Waals surface area contributed by atoms with Crippen molar-refractivity contribution >= 4 is 5.97 Å². The molecule has 0 aliphatic carbocycles. The van der Waals surface area contributed by atoms with Crippen molar-refractivity contribution in [2.45, 2.75) is 32.9 Å². The smallest absolute Gasteiger partial charge is 0.339 e. The first-order valence-corrected chi connectivity index (χ1v) is 8.31. The van der Waals surface area contributed by atoms with Crippen LogP contribution in [0.15, 0.2) is 54.6 Å². The Bertz CT molecular complexity index is 640. The number of carbonyl (C=O) groups is 1. The van der Waals surface area contributed by atoms with Gasteiger partial charge < -0.3 is 9.84 Å². The summed E-state index contributed by atoms with van der Waals surface area (Å²) >= 11 is 0. The third-order valence-corrected chi connectivity index (χ3v) is 3.92. The molecular formula is C20H25NO3. The minimum absolute atomic E-state index is 0.211. The predicted octanol–water partition coefficient (Wildman–Crippen LogP) is 4.06. The second-order valence-corrected chi connectivity index (χ2v) is 6.05. The van der Waals surface area contributed by atoms with Crippen molar-refractivity contribution in [3.8, 4) is 5.75 Å². The molecule has 0 aliphatic rings. The first-order valence-electron chi connectivity index (χ1n) is 8.31. The van der Waals surface area contributed by atoms with Gasteiger partial charge in [0.15, 0.2) is 0 Å². The van der Waals surface area contributed by atoms with Crippen LogP contribution in [0.4, 0.5) is 0 Å². The topological polar surface area (TPSA) is 49.8 Å². The molecule has 2 aromatic rings. The molecular weight excluding hydrogens is 302 g/mol. The second-order valence-electron chi connectivity index (χ2n) is 6.05. The third-order valence-electron chi connectivity index (χ3n) is 3.92. The van der Waals surface area contributed by atoms with Gasteiger partial charge in [0.1, 0.15) is 11.3 Å². The number of para-hydroxylation sites is 1. The number of hydrogen-bond acceptors (Lipinski definition) is 3. The molecule has 1 N–H and O–H groups in total. The number of carboxylic acids is 1. The van der Waals surface area contributed by atoms with Crippen molar-refractivity contribution < 1.29 is 14.6 Å². The molecule has 0 heterocycles. The molecule has 2 rings (SSSR count). The van der Waals surface area contributed by atoms with E-state index in [-0.39, 0.29) is 5.56 Å². The monoisotopic (exact) mass is 327 g/mol. The van der Waals surface area contributed by atoms with E-state index >= 15 is 0 Å². The van der Waals surface area contributed by atoms with Gasteiger partial charge in [-0.3, -0.25) is 4.90 Å². The van der Waals surface area contributed by atoms with E-state index in [1.807, 2.05) is 6.07 Å². The summed E-state index contributed by atoms with van der Waals surface area (Å²) in [5.74, 6) is -0.525. The van der Waals surface area contributed by atoms with Crippen LogP contribution in [0.1, 0.15) is 36.2 Å². The zero-order chi connectivity index (χ0) is 17.4. The molecule has 4 nitrogen and oxygen atoms in total. The number of aromatic carboxylic acids is 1. The van der Waals surface area contributed by atoms with Gasteiger partial charge in [-0.15, -0.1) is 0 Å². The molecule has 0 saturated heterocycles. The summed E-state index contributed by atoms with van der Waals surface area (Å²) in [7, 11) is 0. The average Bonchev–Trinajstić information content (AvgIpc) is 2.58. The van der Waals surface area contributed by atoms with Gasteiger partial charge in [0, 0.05) is 19.1 Å². The standard InChI is InChI=1S/C20H25NO3/c1-16(2)21(15-17-9-4-3-5-10-17)13-8-14-24-19-12-7-6-11-18(19)20(22)23/h3-7,9-12,16H,8,13-15H2,1-2H3,(H,22,23). The van der Waals surface area contributed by atoms with Gasteiger partial charge in [0.25, 0.3) is 0 Å². The molecule has 0 saturated carbocycles. The van der Waals surface area contributed by atoms with E-state index in [1.165, 1.54) is 5.56 Å². The van der Waals surface area contributed by atoms with E-state index < -0.39 is 5.97 Å². The number of ether oxygens (including phenoxy) is 1. The largest absolute Gasteiger partial charge is 0.493 e. The van der Waals surface area contributed by atoms with Gasteiger partial charge in [0.05, 0.1) is 6.61 Å². The lowest BCUT2D eigenvalue weighted by Gasteiger charge is -2.26. The highest BCUT2D eigenvalue weighted by atomic mass is 16.5. The van der Waals surface area contributed by atoms with Crippen LogP contribution >= 0.6 is 0 Å². The maximum atomic E-state index is 11.2. The molecule has 0 amide bonds. The predicted molar refractivity (Wildman–Crippen MR) is 95.5 cm³/mol. The van der Waals surface area contributed by atoms with E-state index in [9.17, 15) is 4.79 Å². The normalized spacial score (nSPS) is 11.0. The maximum Gasteiger partial charge on any atom is 0.339 e. The molecule has 0 unspecified atom stereocenters. The Hall–Kier alpha value is -2.33. The lowest BCUT2D eigenvalue weighted by Crippen LogP contribution is -2.32. The molecule has 24 heavy (non-hydrogen) atoms. The van der Waals surface area contributed by atoms with Crippen LogP contribution in [0.3, 0.4) is 0 Å². The number of benzene rings is 2. The van der Waals surface area contributed by atoms with Crippen molar-refractivity contribution in [1.29, 1.82) is 0 Å². The van der Waals surface area contributed by atoms with Gasteiger partial charge in [-0.25, -0.2) is 4.79 Å². The Labute approximate surface area is 143 Å². The SMILES string of the molecule is CC(C)N(CCCOc1ccccc1C(=O)O)Cc1ccccc1. The Kier molecular flexibility index (Phi) is 6.82. The molecule has 0 bridgehead atoms. The average molecular weight is 327 g/mol. The highest BCUT2D eigenvalue weighted by molar-refractivity contribution is 5.90.